The number of hydrogen-bond donors (Lipinski definition) is 1. The molecule has 1 atom stereocenters. The molecule has 25 heavy (non-hydrogen) atoms. The highest BCUT2D eigenvalue weighted by atomic mass is 32.2. The molecular formula is C16H19N3O5S. The third-order valence-electron chi connectivity index (χ3n) is 4.15. The maximum atomic E-state index is 12.8. The van der Waals surface area contributed by atoms with Gasteiger partial charge in [-0.1, -0.05) is 0 Å². The van der Waals surface area contributed by atoms with Gasteiger partial charge >= 0.3 is 5.97 Å². The van der Waals surface area contributed by atoms with Crippen LogP contribution in [0.4, 0.5) is 0 Å². The van der Waals surface area contributed by atoms with Crippen molar-refractivity contribution in [2.75, 3.05) is 14.2 Å². The Labute approximate surface area is 145 Å². The second-order valence-corrected chi connectivity index (χ2v) is 7.40. The van der Waals surface area contributed by atoms with Crippen LogP contribution in [-0.2, 0) is 27.7 Å². The number of benzene rings is 1. The second-order valence-electron chi connectivity index (χ2n) is 5.71. The van der Waals surface area contributed by atoms with Gasteiger partial charge in [-0.3, -0.25) is 4.68 Å². The first-order valence-electron chi connectivity index (χ1n) is 7.74. The minimum atomic E-state index is -3.86. The Bertz CT molecular complexity index is 891. The zero-order valence-corrected chi connectivity index (χ0v) is 14.7. The number of aromatic nitrogens is 2. The van der Waals surface area contributed by atoms with Crippen molar-refractivity contribution in [3.63, 3.8) is 0 Å². The number of ether oxygens (including phenoxy) is 2. The van der Waals surface area contributed by atoms with Crippen molar-refractivity contribution in [2.24, 2.45) is 0 Å². The highest BCUT2D eigenvalue weighted by Crippen LogP contribution is 2.26. The molecule has 0 fully saturated rings. The summed E-state index contributed by atoms with van der Waals surface area (Å²) in [6.07, 6.45) is 2.89. The lowest BCUT2D eigenvalue weighted by atomic mass is 10.1. The van der Waals surface area contributed by atoms with Crippen molar-refractivity contribution in [2.45, 2.75) is 30.3 Å². The molecular weight excluding hydrogens is 346 g/mol. The van der Waals surface area contributed by atoms with Gasteiger partial charge in [0.1, 0.15) is 10.6 Å². The van der Waals surface area contributed by atoms with Crippen LogP contribution < -0.4 is 9.46 Å². The highest BCUT2D eigenvalue weighted by molar-refractivity contribution is 7.89. The van der Waals surface area contributed by atoms with E-state index in [0.29, 0.717) is 19.4 Å². The summed E-state index contributed by atoms with van der Waals surface area (Å²) in [5, 5.41) is 4.18. The van der Waals surface area contributed by atoms with E-state index in [-0.39, 0.29) is 22.3 Å². The molecule has 2 aromatic rings. The van der Waals surface area contributed by atoms with E-state index < -0.39 is 16.0 Å². The van der Waals surface area contributed by atoms with E-state index in [0.717, 1.165) is 5.69 Å². The monoisotopic (exact) mass is 365 g/mol. The van der Waals surface area contributed by atoms with Gasteiger partial charge in [-0.25, -0.2) is 17.9 Å². The number of hydrogen-bond acceptors (Lipinski definition) is 6. The molecule has 0 aliphatic carbocycles. The van der Waals surface area contributed by atoms with Crippen molar-refractivity contribution in [1.82, 2.24) is 14.5 Å². The molecule has 1 aliphatic heterocycles. The Hall–Kier alpha value is -2.39. The molecule has 0 saturated heterocycles. The van der Waals surface area contributed by atoms with Gasteiger partial charge < -0.3 is 9.47 Å². The second kappa shape index (κ2) is 6.85. The van der Waals surface area contributed by atoms with Gasteiger partial charge in [0.05, 0.1) is 19.8 Å². The lowest BCUT2D eigenvalue weighted by molar-refractivity contribution is 0.0600. The largest absolute Gasteiger partial charge is 0.495 e. The molecule has 134 valence electrons. The first kappa shape index (κ1) is 17.4. The zero-order chi connectivity index (χ0) is 18.0. The van der Waals surface area contributed by atoms with Gasteiger partial charge in [0.15, 0.2) is 0 Å². The Balaban J connectivity index is 1.88. The molecule has 0 amide bonds. The summed E-state index contributed by atoms with van der Waals surface area (Å²) in [6, 6.07) is 5.79. The maximum Gasteiger partial charge on any atom is 0.337 e. The number of rotatable bonds is 5. The number of methoxy groups -OCH3 is 2. The first-order chi connectivity index (χ1) is 11.9. The predicted molar refractivity (Wildman–Crippen MR) is 89.0 cm³/mol. The van der Waals surface area contributed by atoms with Crippen LogP contribution in [0.5, 0.6) is 5.75 Å². The molecule has 3 rings (SSSR count). The van der Waals surface area contributed by atoms with Crippen LogP contribution >= 0.6 is 0 Å². The van der Waals surface area contributed by atoms with Crippen LogP contribution in [0, 0.1) is 0 Å². The third-order valence-corrected chi connectivity index (χ3v) is 5.69. The number of fused-ring (bicyclic) bond motifs is 1. The van der Waals surface area contributed by atoms with E-state index in [2.05, 4.69) is 14.6 Å². The zero-order valence-electron chi connectivity index (χ0n) is 13.9. The SMILES string of the molecule is COC(=O)c1ccc(OC)c(S(=O)(=O)N[C@H]2CCn3nccc3C2)c1. The molecule has 8 nitrogen and oxygen atoms in total. The molecule has 0 spiro atoms. The van der Waals surface area contributed by atoms with Gasteiger partial charge in [-0.2, -0.15) is 5.10 Å². The molecule has 0 unspecified atom stereocenters. The van der Waals surface area contributed by atoms with E-state index in [1.54, 1.807) is 6.20 Å². The fourth-order valence-electron chi connectivity index (χ4n) is 2.88. The van der Waals surface area contributed by atoms with Gasteiger partial charge in [0, 0.05) is 30.9 Å². The van der Waals surface area contributed by atoms with Crippen molar-refractivity contribution in [3.05, 3.63) is 41.7 Å². The van der Waals surface area contributed by atoms with Crippen molar-refractivity contribution < 1.29 is 22.7 Å². The van der Waals surface area contributed by atoms with Crippen molar-refractivity contribution in [3.8, 4) is 5.75 Å². The lowest BCUT2D eigenvalue weighted by Crippen LogP contribution is -2.40. The predicted octanol–water partition coefficient (Wildman–Crippen LogP) is 0.972. The number of carbonyl (C=O) groups excluding carboxylic acids is 1. The smallest absolute Gasteiger partial charge is 0.337 e. The summed E-state index contributed by atoms with van der Waals surface area (Å²) in [6.45, 7) is 0.648. The van der Waals surface area contributed by atoms with Crippen LogP contribution in [0.15, 0.2) is 35.4 Å². The van der Waals surface area contributed by atoms with E-state index in [1.807, 2.05) is 10.7 Å². The van der Waals surface area contributed by atoms with Gasteiger partial charge in [-0.05, 0) is 30.7 Å². The Kier molecular flexibility index (Phi) is 4.78. The molecule has 0 saturated carbocycles. The minimum absolute atomic E-state index is 0.0861. The summed E-state index contributed by atoms with van der Waals surface area (Å²) >= 11 is 0. The molecule has 0 radical (unpaired) electrons. The number of aryl methyl sites for hydroxylation is 1. The van der Waals surface area contributed by atoms with E-state index >= 15 is 0 Å². The van der Waals surface area contributed by atoms with Gasteiger partial charge in [-0.15, -0.1) is 0 Å². The number of sulfonamides is 1. The fraction of sp³-hybridized carbons (Fsp3) is 0.375. The minimum Gasteiger partial charge on any atom is -0.495 e. The van der Waals surface area contributed by atoms with Gasteiger partial charge in [0.25, 0.3) is 0 Å². The van der Waals surface area contributed by atoms with E-state index in [1.165, 1.54) is 32.4 Å². The topological polar surface area (TPSA) is 99.5 Å². The Morgan fingerprint density at radius 2 is 2.12 bits per heavy atom. The molecule has 9 heteroatoms. The van der Waals surface area contributed by atoms with Crippen LogP contribution in [0.1, 0.15) is 22.5 Å². The molecule has 1 aliphatic rings. The Morgan fingerprint density at radius 3 is 2.84 bits per heavy atom. The lowest BCUT2D eigenvalue weighted by Gasteiger charge is -2.24. The average Bonchev–Trinajstić information content (AvgIpc) is 3.07. The summed E-state index contributed by atoms with van der Waals surface area (Å²) in [5.41, 5.74) is 1.12. The van der Waals surface area contributed by atoms with Crippen LogP contribution in [0.3, 0.4) is 0 Å². The van der Waals surface area contributed by atoms with Crippen molar-refractivity contribution in [1.29, 1.82) is 0 Å². The van der Waals surface area contributed by atoms with Crippen LogP contribution in [0.25, 0.3) is 0 Å². The normalized spacial score (nSPS) is 17.0. The number of nitrogens with zero attached hydrogens (tertiary/aromatic N) is 2. The summed E-state index contributed by atoms with van der Waals surface area (Å²) in [5.74, 6) is -0.443. The summed E-state index contributed by atoms with van der Waals surface area (Å²) in [7, 11) is -1.24. The summed E-state index contributed by atoms with van der Waals surface area (Å²) < 4.78 is 40.0. The fourth-order valence-corrected chi connectivity index (χ4v) is 4.35. The summed E-state index contributed by atoms with van der Waals surface area (Å²) in [4.78, 5) is 11.6. The first-order valence-corrected chi connectivity index (χ1v) is 9.22. The molecule has 1 N–H and O–H groups in total. The van der Waals surface area contributed by atoms with Crippen LogP contribution in [0.2, 0.25) is 0 Å². The quantitative estimate of drug-likeness (QED) is 0.793. The third kappa shape index (κ3) is 3.52. The van der Waals surface area contributed by atoms with Crippen molar-refractivity contribution >= 4 is 16.0 Å². The number of esters is 1. The molecule has 1 aromatic carbocycles. The van der Waals surface area contributed by atoms with Crippen LogP contribution in [-0.4, -0.2) is 44.4 Å². The number of nitrogens with one attached hydrogen (secondary N) is 1. The highest BCUT2D eigenvalue weighted by Gasteiger charge is 2.27. The standard InChI is InChI=1S/C16H19N3O5S/c1-23-14-4-3-11(16(20)24-2)9-15(14)25(21,22)18-12-6-8-19-13(10-12)5-7-17-19/h3-5,7,9,12,18H,6,8,10H2,1-2H3/t12-/m0/s1. The maximum absolute atomic E-state index is 12.8. The number of carbonyl (C=O) groups is 1. The molecule has 0 bridgehead atoms. The van der Waals surface area contributed by atoms with Gasteiger partial charge in [0.2, 0.25) is 10.0 Å². The van der Waals surface area contributed by atoms with E-state index in [4.69, 9.17) is 4.74 Å². The Morgan fingerprint density at radius 1 is 1.32 bits per heavy atom. The molecule has 2 heterocycles. The van der Waals surface area contributed by atoms with E-state index in [9.17, 15) is 13.2 Å². The molecule has 1 aromatic heterocycles. The average molecular weight is 365 g/mol.